The van der Waals surface area contributed by atoms with Gasteiger partial charge in [-0.1, -0.05) is 13.8 Å². The van der Waals surface area contributed by atoms with Crippen LogP contribution in [-0.2, 0) is 9.59 Å². The van der Waals surface area contributed by atoms with Crippen molar-refractivity contribution in [1.29, 1.82) is 0 Å². The summed E-state index contributed by atoms with van der Waals surface area (Å²) in [6.07, 6.45) is 4.95. The number of pyridine rings is 1. The summed E-state index contributed by atoms with van der Waals surface area (Å²) < 4.78 is 0. The molecule has 1 heterocycles. The number of carboxylic acid groups (broad SMARTS) is 1. The average molecular weight is 310 g/mol. The predicted octanol–water partition coefficient (Wildman–Crippen LogP) is 2.57. The lowest BCUT2D eigenvalue weighted by Crippen LogP contribution is -2.29. The molecule has 0 bridgehead atoms. The van der Waals surface area contributed by atoms with Crippen LogP contribution in [0, 0.1) is 5.41 Å². The van der Waals surface area contributed by atoms with E-state index in [2.05, 4.69) is 10.3 Å². The van der Waals surface area contributed by atoms with E-state index in [1.807, 2.05) is 26.0 Å². The summed E-state index contributed by atoms with van der Waals surface area (Å²) in [6.45, 7) is 4.62. The Morgan fingerprint density at radius 1 is 1.29 bits per heavy atom. The number of carboxylic acids is 1. The van der Waals surface area contributed by atoms with E-state index in [4.69, 9.17) is 5.11 Å². The molecule has 0 aliphatic rings. The van der Waals surface area contributed by atoms with Gasteiger partial charge in [0.25, 0.3) is 0 Å². The zero-order valence-corrected chi connectivity index (χ0v) is 13.3. The van der Waals surface area contributed by atoms with Gasteiger partial charge >= 0.3 is 5.97 Å². The molecule has 0 aliphatic carbocycles. The van der Waals surface area contributed by atoms with Gasteiger partial charge < -0.3 is 10.4 Å². The molecule has 0 fully saturated rings. The first kappa shape index (κ1) is 17.5. The second-order valence-electron chi connectivity index (χ2n) is 5.63. The predicted molar refractivity (Wildman–Crippen MR) is 83.2 cm³/mol. The van der Waals surface area contributed by atoms with Crippen molar-refractivity contribution in [2.75, 3.05) is 12.3 Å². The van der Waals surface area contributed by atoms with E-state index < -0.39 is 5.97 Å². The number of aliphatic carboxylic acids is 1. The van der Waals surface area contributed by atoms with E-state index in [1.165, 1.54) is 11.8 Å². The Morgan fingerprint density at radius 3 is 2.57 bits per heavy atom. The Kier molecular flexibility index (Phi) is 7.22. The summed E-state index contributed by atoms with van der Waals surface area (Å²) in [5, 5.41) is 11.6. The van der Waals surface area contributed by atoms with Crippen LogP contribution in [0.25, 0.3) is 0 Å². The fraction of sp³-hybridized carbons (Fsp3) is 0.533. The third-order valence-corrected chi connectivity index (χ3v) is 4.17. The lowest BCUT2D eigenvalue weighted by atomic mass is 9.84. The third-order valence-electron chi connectivity index (χ3n) is 3.16. The van der Waals surface area contributed by atoms with Gasteiger partial charge in [0, 0.05) is 30.3 Å². The second-order valence-corrected chi connectivity index (χ2v) is 6.68. The summed E-state index contributed by atoms with van der Waals surface area (Å²) in [4.78, 5) is 27.2. The minimum absolute atomic E-state index is 0.00848. The van der Waals surface area contributed by atoms with Gasteiger partial charge in [-0.2, -0.15) is 0 Å². The molecule has 0 radical (unpaired) electrons. The van der Waals surface area contributed by atoms with E-state index in [0.29, 0.717) is 18.7 Å². The van der Waals surface area contributed by atoms with E-state index in [9.17, 15) is 9.59 Å². The number of carbonyl (C=O) groups is 2. The molecule has 1 rings (SSSR count). The number of hydrogen-bond donors (Lipinski definition) is 2. The van der Waals surface area contributed by atoms with Crippen LogP contribution in [0.4, 0.5) is 0 Å². The van der Waals surface area contributed by atoms with Crippen LogP contribution in [0.2, 0.25) is 0 Å². The second kappa shape index (κ2) is 8.67. The highest BCUT2D eigenvalue weighted by atomic mass is 32.2. The Balaban J connectivity index is 2.19. The number of nitrogens with zero attached hydrogens (tertiary/aromatic N) is 1. The fourth-order valence-electron chi connectivity index (χ4n) is 1.75. The van der Waals surface area contributed by atoms with Crippen LogP contribution >= 0.6 is 11.8 Å². The number of hydrogen-bond acceptors (Lipinski definition) is 4. The minimum atomic E-state index is -0.777. The molecule has 1 aromatic heterocycles. The van der Waals surface area contributed by atoms with Crippen molar-refractivity contribution in [3.63, 3.8) is 0 Å². The first-order chi connectivity index (χ1) is 9.89. The number of nitrogens with one attached hydrogen (secondary N) is 1. The van der Waals surface area contributed by atoms with E-state index in [0.717, 1.165) is 11.3 Å². The van der Waals surface area contributed by atoms with Crippen LogP contribution in [0.3, 0.4) is 0 Å². The molecule has 2 N–H and O–H groups in total. The van der Waals surface area contributed by atoms with Crippen molar-refractivity contribution in [3.05, 3.63) is 24.5 Å². The Bertz CT molecular complexity index is 463. The molecular formula is C15H22N2O3S. The molecule has 6 heteroatoms. The van der Waals surface area contributed by atoms with Crippen molar-refractivity contribution >= 4 is 23.6 Å². The van der Waals surface area contributed by atoms with E-state index in [-0.39, 0.29) is 17.7 Å². The lowest BCUT2D eigenvalue weighted by Gasteiger charge is -2.23. The first-order valence-electron chi connectivity index (χ1n) is 6.90. The van der Waals surface area contributed by atoms with Crippen LogP contribution in [-0.4, -0.2) is 34.3 Å². The summed E-state index contributed by atoms with van der Waals surface area (Å²) in [6, 6.07) is 3.74. The lowest BCUT2D eigenvalue weighted by molar-refractivity contribution is -0.137. The highest BCUT2D eigenvalue weighted by Gasteiger charge is 2.19. The Morgan fingerprint density at radius 2 is 1.95 bits per heavy atom. The van der Waals surface area contributed by atoms with Crippen molar-refractivity contribution in [2.45, 2.75) is 38.0 Å². The van der Waals surface area contributed by atoms with Crippen molar-refractivity contribution < 1.29 is 14.7 Å². The molecule has 0 saturated carbocycles. The molecule has 5 nitrogen and oxygen atoms in total. The number of amides is 1. The molecule has 0 aromatic carbocycles. The SMILES string of the molecule is CC(C)(CCNC(=O)CSc1ccncc1)CCC(=O)O. The number of rotatable bonds is 9. The Hall–Kier alpha value is -1.56. The molecule has 0 atom stereocenters. The topological polar surface area (TPSA) is 79.3 Å². The maximum absolute atomic E-state index is 11.7. The van der Waals surface area contributed by atoms with Crippen molar-refractivity contribution in [2.24, 2.45) is 5.41 Å². The molecule has 0 spiro atoms. The molecule has 0 aliphatic heterocycles. The maximum Gasteiger partial charge on any atom is 0.303 e. The zero-order valence-electron chi connectivity index (χ0n) is 12.5. The first-order valence-corrected chi connectivity index (χ1v) is 7.89. The summed E-state index contributed by atoms with van der Waals surface area (Å²) in [7, 11) is 0. The molecular weight excluding hydrogens is 288 g/mol. The van der Waals surface area contributed by atoms with Gasteiger partial charge in [0.05, 0.1) is 5.75 Å². The summed E-state index contributed by atoms with van der Waals surface area (Å²) in [5.74, 6) is -0.411. The van der Waals surface area contributed by atoms with Crippen LogP contribution < -0.4 is 5.32 Å². The number of carbonyl (C=O) groups excluding carboxylic acids is 1. The van der Waals surface area contributed by atoms with Gasteiger partial charge in [-0.05, 0) is 30.4 Å². The number of aromatic nitrogens is 1. The molecule has 1 aromatic rings. The quantitative estimate of drug-likeness (QED) is 0.685. The minimum Gasteiger partial charge on any atom is -0.481 e. The highest BCUT2D eigenvalue weighted by Crippen LogP contribution is 2.26. The monoisotopic (exact) mass is 310 g/mol. The van der Waals surface area contributed by atoms with Crippen LogP contribution in [0.1, 0.15) is 33.1 Å². The van der Waals surface area contributed by atoms with Crippen molar-refractivity contribution in [1.82, 2.24) is 10.3 Å². The van der Waals surface area contributed by atoms with Gasteiger partial charge in [0.2, 0.25) is 5.91 Å². The standard InChI is InChI=1S/C15H22N2O3S/c1-15(2,6-3-14(19)20)7-10-17-13(18)11-21-12-4-8-16-9-5-12/h4-5,8-9H,3,6-7,10-11H2,1-2H3,(H,17,18)(H,19,20). The molecule has 116 valence electrons. The third kappa shape index (κ3) is 8.34. The van der Waals surface area contributed by atoms with Gasteiger partial charge in [-0.15, -0.1) is 11.8 Å². The van der Waals surface area contributed by atoms with E-state index >= 15 is 0 Å². The van der Waals surface area contributed by atoms with Crippen molar-refractivity contribution in [3.8, 4) is 0 Å². The smallest absolute Gasteiger partial charge is 0.303 e. The summed E-state index contributed by atoms with van der Waals surface area (Å²) >= 11 is 1.47. The zero-order chi connectivity index (χ0) is 15.7. The molecule has 1 amide bonds. The largest absolute Gasteiger partial charge is 0.481 e. The van der Waals surface area contributed by atoms with Gasteiger partial charge in [-0.25, -0.2) is 0 Å². The van der Waals surface area contributed by atoms with Gasteiger partial charge in [0.1, 0.15) is 0 Å². The maximum atomic E-state index is 11.7. The van der Waals surface area contributed by atoms with Gasteiger partial charge in [-0.3, -0.25) is 14.6 Å². The number of thioether (sulfide) groups is 1. The molecule has 0 saturated heterocycles. The molecule has 0 unspecified atom stereocenters. The average Bonchev–Trinajstić information content (AvgIpc) is 2.44. The fourth-order valence-corrected chi connectivity index (χ4v) is 2.46. The Labute approximate surface area is 129 Å². The van der Waals surface area contributed by atoms with Crippen LogP contribution in [0.15, 0.2) is 29.4 Å². The van der Waals surface area contributed by atoms with E-state index in [1.54, 1.807) is 12.4 Å². The summed E-state index contributed by atoms with van der Waals surface area (Å²) in [5.41, 5.74) is -0.0795. The molecule has 21 heavy (non-hydrogen) atoms. The normalized spacial score (nSPS) is 11.1. The van der Waals surface area contributed by atoms with Crippen LogP contribution in [0.5, 0.6) is 0 Å². The highest BCUT2D eigenvalue weighted by molar-refractivity contribution is 8.00. The van der Waals surface area contributed by atoms with Gasteiger partial charge in [0.15, 0.2) is 0 Å².